The number of nitrogens with two attached hydrogens (primary N) is 1. The van der Waals surface area contributed by atoms with Crippen LogP contribution in [0, 0.1) is 0 Å². The number of ether oxygens (including phenoxy) is 2. The Morgan fingerprint density at radius 2 is 2.27 bits per heavy atom. The molecule has 1 unspecified atom stereocenters. The first-order valence-corrected chi connectivity index (χ1v) is 9.26. The minimum absolute atomic E-state index is 0. The molecule has 1 aliphatic heterocycles. The molecule has 0 spiro atoms. The molecule has 2 N–H and O–H groups in total. The summed E-state index contributed by atoms with van der Waals surface area (Å²) in [4.78, 5) is 19.1. The van der Waals surface area contributed by atoms with Crippen molar-refractivity contribution in [3.05, 3.63) is 45.9 Å². The number of hydrogen-bond acceptors (Lipinski definition) is 6. The lowest BCUT2D eigenvalue weighted by atomic mass is 10.1. The van der Waals surface area contributed by atoms with Gasteiger partial charge in [-0.2, -0.15) is 0 Å². The van der Waals surface area contributed by atoms with Gasteiger partial charge < -0.3 is 20.1 Å². The zero-order valence-electron chi connectivity index (χ0n) is 14.7. The van der Waals surface area contributed by atoms with Gasteiger partial charge in [0.05, 0.1) is 13.2 Å². The van der Waals surface area contributed by atoms with Gasteiger partial charge in [0.2, 0.25) is 0 Å². The van der Waals surface area contributed by atoms with Crippen molar-refractivity contribution < 1.29 is 14.3 Å². The van der Waals surface area contributed by atoms with Gasteiger partial charge in [-0.3, -0.25) is 4.79 Å². The van der Waals surface area contributed by atoms with E-state index in [1.165, 1.54) is 11.3 Å². The SMILES string of the molecule is COc1ccccc1CN(CC1CCCO1)C(=O)c1csc(CN)n1.Cl. The summed E-state index contributed by atoms with van der Waals surface area (Å²) in [6.07, 6.45) is 2.09. The lowest BCUT2D eigenvalue weighted by molar-refractivity contribution is 0.0502. The van der Waals surface area contributed by atoms with Gasteiger partial charge in [-0.15, -0.1) is 23.7 Å². The van der Waals surface area contributed by atoms with Crippen molar-refractivity contribution in [3.63, 3.8) is 0 Å². The van der Waals surface area contributed by atoms with E-state index < -0.39 is 0 Å². The molecule has 0 bridgehead atoms. The van der Waals surface area contributed by atoms with Crippen LogP contribution < -0.4 is 10.5 Å². The smallest absolute Gasteiger partial charge is 0.273 e. The Kier molecular flexibility index (Phi) is 7.84. The molecular formula is C18H24ClN3O3S. The highest BCUT2D eigenvalue weighted by atomic mass is 35.5. The molecule has 1 fully saturated rings. The van der Waals surface area contributed by atoms with Gasteiger partial charge in [0.1, 0.15) is 16.5 Å². The first kappa shape index (κ1) is 20.6. The summed E-state index contributed by atoms with van der Waals surface area (Å²) in [6.45, 7) is 2.11. The fourth-order valence-corrected chi connectivity index (χ4v) is 3.61. The van der Waals surface area contributed by atoms with Crippen LogP contribution in [0.4, 0.5) is 0 Å². The van der Waals surface area contributed by atoms with Crippen molar-refractivity contribution in [1.29, 1.82) is 0 Å². The highest BCUT2D eigenvalue weighted by Crippen LogP contribution is 2.23. The first-order chi connectivity index (χ1) is 12.2. The molecule has 0 saturated carbocycles. The summed E-state index contributed by atoms with van der Waals surface area (Å²) >= 11 is 1.41. The van der Waals surface area contributed by atoms with E-state index in [-0.39, 0.29) is 24.4 Å². The van der Waals surface area contributed by atoms with Gasteiger partial charge in [-0.05, 0) is 18.9 Å². The summed E-state index contributed by atoms with van der Waals surface area (Å²) in [5.41, 5.74) is 7.03. The number of para-hydroxylation sites is 1. The molecule has 142 valence electrons. The van der Waals surface area contributed by atoms with E-state index in [9.17, 15) is 4.79 Å². The molecule has 1 saturated heterocycles. The molecule has 1 amide bonds. The molecule has 2 heterocycles. The molecule has 1 atom stereocenters. The van der Waals surface area contributed by atoms with Gasteiger partial charge in [0.15, 0.2) is 0 Å². The molecule has 6 nitrogen and oxygen atoms in total. The molecule has 0 aliphatic carbocycles. The summed E-state index contributed by atoms with van der Waals surface area (Å²) < 4.78 is 11.2. The van der Waals surface area contributed by atoms with Crippen LogP contribution in [0.5, 0.6) is 5.75 Å². The Morgan fingerprint density at radius 3 is 2.92 bits per heavy atom. The Labute approximate surface area is 163 Å². The number of methoxy groups -OCH3 is 1. The van der Waals surface area contributed by atoms with Gasteiger partial charge in [0.25, 0.3) is 5.91 Å². The number of hydrogen-bond donors (Lipinski definition) is 1. The van der Waals surface area contributed by atoms with Gasteiger partial charge in [-0.1, -0.05) is 18.2 Å². The maximum atomic E-state index is 13.0. The number of benzene rings is 1. The van der Waals surface area contributed by atoms with Crippen molar-refractivity contribution in [2.75, 3.05) is 20.3 Å². The Morgan fingerprint density at radius 1 is 1.46 bits per heavy atom. The van der Waals surface area contributed by atoms with Crippen LogP contribution >= 0.6 is 23.7 Å². The van der Waals surface area contributed by atoms with E-state index in [0.717, 1.165) is 35.8 Å². The van der Waals surface area contributed by atoms with Crippen LogP contribution in [0.2, 0.25) is 0 Å². The monoisotopic (exact) mass is 397 g/mol. The van der Waals surface area contributed by atoms with Crippen LogP contribution in [0.15, 0.2) is 29.6 Å². The molecular weight excluding hydrogens is 374 g/mol. The minimum Gasteiger partial charge on any atom is -0.496 e. The second kappa shape index (κ2) is 9.87. The fourth-order valence-electron chi connectivity index (χ4n) is 2.96. The highest BCUT2D eigenvalue weighted by Gasteiger charge is 2.25. The van der Waals surface area contributed by atoms with Crippen LogP contribution in [-0.4, -0.2) is 42.2 Å². The Bertz CT molecular complexity index is 719. The van der Waals surface area contributed by atoms with Crippen LogP contribution in [0.3, 0.4) is 0 Å². The predicted octanol–water partition coefficient (Wildman–Crippen LogP) is 2.85. The number of aromatic nitrogens is 1. The van der Waals surface area contributed by atoms with E-state index in [0.29, 0.717) is 25.3 Å². The third kappa shape index (κ3) is 4.94. The molecule has 3 rings (SSSR count). The summed E-state index contributed by atoms with van der Waals surface area (Å²) in [5.74, 6) is 0.672. The van der Waals surface area contributed by atoms with E-state index in [4.69, 9.17) is 15.2 Å². The largest absolute Gasteiger partial charge is 0.496 e. The van der Waals surface area contributed by atoms with Crippen molar-refractivity contribution in [2.45, 2.75) is 32.0 Å². The normalized spacial score (nSPS) is 16.2. The standard InChI is InChI=1S/C18H23N3O3S.ClH/c1-23-16-7-3-2-5-13(16)10-21(11-14-6-4-8-24-14)18(22)15-12-25-17(9-19)20-15;/h2-3,5,7,12,14H,4,6,8-11,19H2,1H3;1H. The lowest BCUT2D eigenvalue weighted by Gasteiger charge is -2.25. The second-order valence-electron chi connectivity index (χ2n) is 5.96. The zero-order chi connectivity index (χ0) is 17.6. The van der Waals surface area contributed by atoms with Crippen LogP contribution in [-0.2, 0) is 17.8 Å². The van der Waals surface area contributed by atoms with Crippen molar-refractivity contribution in [3.8, 4) is 5.75 Å². The summed E-state index contributed by atoms with van der Waals surface area (Å²) in [7, 11) is 1.64. The minimum atomic E-state index is -0.0997. The van der Waals surface area contributed by atoms with Gasteiger partial charge in [0, 0.05) is 37.2 Å². The number of halogens is 1. The topological polar surface area (TPSA) is 77.7 Å². The van der Waals surface area contributed by atoms with E-state index in [1.807, 2.05) is 24.3 Å². The van der Waals surface area contributed by atoms with Crippen molar-refractivity contribution in [1.82, 2.24) is 9.88 Å². The molecule has 26 heavy (non-hydrogen) atoms. The quantitative estimate of drug-likeness (QED) is 0.777. The average Bonchev–Trinajstić information content (AvgIpc) is 3.32. The molecule has 2 aromatic rings. The maximum absolute atomic E-state index is 13.0. The van der Waals surface area contributed by atoms with Gasteiger partial charge in [-0.25, -0.2) is 4.98 Å². The van der Waals surface area contributed by atoms with Gasteiger partial charge >= 0.3 is 0 Å². The molecule has 1 aromatic heterocycles. The van der Waals surface area contributed by atoms with Crippen molar-refractivity contribution in [2.24, 2.45) is 5.73 Å². The van der Waals surface area contributed by atoms with E-state index >= 15 is 0 Å². The van der Waals surface area contributed by atoms with Crippen LogP contribution in [0.25, 0.3) is 0 Å². The van der Waals surface area contributed by atoms with Crippen LogP contribution in [0.1, 0.15) is 33.9 Å². The first-order valence-electron chi connectivity index (χ1n) is 8.38. The van der Waals surface area contributed by atoms with Crippen molar-refractivity contribution >= 4 is 29.7 Å². The number of carbonyl (C=O) groups is 1. The molecule has 1 aliphatic rings. The Hall–Kier alpha value is -1.67. The summed E-state index contributed by atoms with van der Waals surface area (Å²) in [6, 6.07) is 7.74. The van der Waals surface area contributed by atoms with E-state index in [2.05, 4.69) is 4.98 Å². The number of nitrogens with zero attached hydrogens (tertiary/aromatic N) is 2. The Balaban J connectivity index is 0.00000243. The molecule has 1 aromatic carbocycles. The number of thiazole rings is 1. The lowest BCUT2D eigenvalue weighted by Crippen LogP contribution is -2.37. The molecule has 8 heteroatoms. The highest BCUT2D eigenvalue weighted by molar-refractivity contribution is 7.09. The number of rotatable bonds is 7. The predicted molar refractivity (Wildman–Crippen MR) is 104 cm³/mol. The third-order valence-electron chi connectivity index (χ3n) is 4.23. The summed E-state index contributed by atoms with van der Waals surface area (Å²) in [5, 5.41) is 2.53. The molecule has 0 radical (unpaired) electrons. The number of carbonyl (C=O) groups excluding carboxylic acids is 1. The maximum Gasteiger partial charge on any atom is 0.273 e. The second-order valence-corrected chi connectivity index (χ2v) is 6.91. The number of amides is 1. The zero-order valence-corrected chi connectivity index (χ0v) is 16.4. The fraction of sp³-hybridized carbons (Fsp3) is 0.444. The van der Waals surface area contributed by atoms with E-state index in [1.54, 1.807) is 17.4 Å². The average molecular weight is 398 g/mol. The third-order valence-corrected chi connectivity index (χ3v) is 5.11.